The zero-order valence-corrected chi connectivity index (χ0v) is 16.1. The molecular weight excluding hydrogens is 356 g/mol. The minimum Gasteiger partial charge on any atom is -0.497 e. The summed E-state index contributed by atoms with van der Waals surface area (Å²) in [5, 5.41) is 2.83. The number of nitrogens with one attached hydrogen (secondary N) is 1. The van der Waals surface area contributed by atoms with Gasteiger partial charge in [-0.25, -0.2) is 0 Å². The molecule has 1 aliphatic rings. The van der Waals surface area contributed by atoms with Gasteiger partial charge in [0.25, 0.3) is 0 Å². The van der Waals surface area contributed by atoms with Gasteiger partial charge >= 0.3 is 0 Å². The van der Waals surface area contributed by atoms with Crippen molar-refractivity contribution in [3.05, 3.63) is 59.7 Å². The summed E-state index contributed by atoms with van der Waals surface area (Å²) >= 11 is 0. The highest BCUT2D eigenvalue weighted by Gasteiger charge is 2.34. The van der Waals surface area contributed by atoms with E-state index in [0.717, 1.165) is 17.7 Å². The average Bonchev–Trinajstić information content (AvgIpc) is 3.08. The first-order valence-electron chi connectivity index (χ1n) is 9.29. The summed E-state index contributed by atoms with van der Waals surface area (Å²) in [4.78, 5) is 37.8. The highest BCUT2D eigenvalue weighted by atomic mass is 16.5. The Labute approximate surface area is 164 Å². The summed E-state index contributed by atoms with van der Waals surface area (Å²) in [5.41, 5.74) is 2.34. The topological polar surface area (TPSA) is 75.7 Å². The second-order valence-electron chi connectivity index (χ2n) is 6.96. The molecule has 0 saturated carbocycles. The standard InChI is InChI=1S/C22H24N2O4/c1-15(25)17-5-7-19(8-6-17)23-22(27)18-13-21(26)24(14-18)12-11-16-3-9-20(28-2)10-4-16/h3-10,18H,11-14H2,1-2H3,(H,23,27). The Morgan fingerprint density at radius 2 is 1.79 bits per heavy atom. The van der Waals surface area contributed by atoms with E-state index < -0.39 is 0 Å². The van der Waals surface area contributed by atoms with Gasteiger partial charge in [-0.2, -0.15) is 0 Å². The Morgan fingerprint density at radius 3 is 2.39 bits per heavy atom. The van der Waals surface area contributed by atoms with Crippen LogP contribution in [0.1, 0.15) is 29.3 Å². The van der Waals surface area contributed by atoms with Crippen LogP contribution < -0.4 is 10.1 Å². The molecule has 2 aromatic rings. The molecule has 0 aromatic heterocycles. The molecule has 1 unspecified atom stereocenters. The Bertz CT molecular complexity index is 859. The lowest BCUT2D eigenvalue weighted by Gasteiger charge is -2.16. The summed E-state index contributed by atoms with van der Waals surface area (Å²) < 4.78 is 5.15. The number of amides is 2. The van der Waals surface area contributed by atoms with Gasteiger partial charge in [-0.05, 0) is 55.3 Å². The number of likely N-dealkylation sites (tertiary alicyclic amines) is 1. The van der Waals surface area contributed by atoms with Gasteiger partial charge in [0.05, 0.1) is 13.0 Å². The van der Waals surface area contributed by atoms with Gasteiger partial charge in [0.15, 0.2) is 5.78 Å². The van der Waals surface area contributed by atoms with E-state index in [4.69, 9.17) is 4.74 Å². The lowest BCUT2D eigenvalue weighted by Crippen LogP contribution is -2.30. The number of hydrogen-bond acceptors (Lipinski definition) is 4. The van der Waals surface area contributed by atoms with Crippen LogP contribution in [0.15, 0.2) is 48.5 Å². The highest BCUT2D eigenvalue weighted by Crippen LogP contribution is 2.21. The Hall–Kier alpha value is -3.15. The average molecular weight is 380 g/mol. The van der Waals surface area contributed by atoms with Crippen molar-refractivity contribution >= 4 is 23.3 Å². The van der Waals surface area contributed by atoms with Crippen molar-refractivity contribution in [2.45, 2.75) is 19.8 Å². The normalized spacial score (nSPS) is 16.1. The fraction of sp³-hybridized carbons (Fsp3) is 0.318. The molecule has 2 aromatic carbocycles. The van der Waals surface area contributed by atoms with Gasteiger partial charge in [-0.3, -0.25) is 14.4 Å². The van der Waals surface area contributed by atoms with Crippen LogP contribution in [0.3, 0.4) is 0 Å². The van der Waals surface area contributed by atoms with Crippen molar-refractivity contribution < 1.29 is 19.1 Å². The van der Waals surface area contributed by atoms with E-state index >= 15 is 0 Å². The molecule has 1 heterocycles. The number of rotatable bonds is 7. The first-order chi connectivity index (χ1) is 13.5. The molecule has 0 spiro atoms. The summed E-state index contributed by atoms with van der Waals surface area (Å²) in [7, 11) is 1.63. The lowest BCUT2D eigenvalue weighted by molar-refractivity contribution is -0.128. The number of ether oxygens (including phenoxy) is 1. The predicted octanol–water partition coefficient (Wildman–Crippen LogP) is 2.93. The minimum absolute atomic E-state index is 0.000546. The van der Waals surface area contributed by atoms with Crippen LogP contribution in [0, 0.1) is 5.92 Å². The van der Waals surface area contributed by atoms with Gasteiger partial charge in [-0.15, -0.1) is 0 Å². The summed E-state index contributed by atoms with van der Waals surface area (Å²) in [6, 6.07) is 14.5. The number of Topliss-reactive ketones (excluding diaryl/α,β-unsaturated/α-hetero) is 1. The zero-order valence-electron chi connectivity index (χ0n) is 16.1. The van der Waals surface area contributed by atoms with E-state index in [1.165, 1.54) is 6.92 Å². The number of hydrogen-bond donors (Lipinski definition) is 1. The summed E-state index contributed by atoms with van der Waals surface area (Å²) in [6.07, 6.45) is 0.955. The van der Waals surface area contributed by atoms with Crippen LogP contribution in [-0.2, 0) is 16.0 Å². The first kappa shape index (κ1) is 19.6. The monoisotopic (exact) mass is 380 g/mol. The van der Waals surface area contributed by atoms with E-state index in [9.17, 15) is 14.4 Å². The van der Waals surface area contributed by atoms with E-state index in [1.807, 2.05) is 24.3 Å². The maximum absolute atomic E-state index is 12.5. The molecule has 1 saturated heterocycles. The molecule has 1 aliphatic heterocycles. The molecule has 6 nitrogen and oxygen atoms in total. The van der Waals surface area contributed by atoms with E-state index in [0.29, 0.717) is 24.3 Å². The molecular formula is C22H24N2O4. The van der Waals surface area contributed by atoms with Crippen molar-refractivity contribution in [2.24, 2.45) is 5.92 Å². The quantitative estimate of drug-likeness (QED) is 0.750. The Balaban J connectivity index is 1.52. The third-order valence-electron chi connectivity index (χ3n) is 4.97. The van der Waals surface area contributed by atoms with Crippen LogP contribution >= 0.6 is 0 Å². The lowest BCUT2D eigenvalue weighted by atomic mass is 10.1. The van der Waals surface area contributed by atoms with Crippen molar-refractivity contribution in [1.29, 1.82) is 0 Å². The molecule has 0 bridgehead atoms. The molecule has 3 rings (SSSR count). The maximum atomic E-state index is 12.5. The maximum Gasteiger partial charge on any atom is 0.229 e. The number of carbonyl (C=O) groups is 3. The zero-order chi connectivity index (χ0) is 20.1. The molecule has 1 N–H and O–H groups in total. The summed E-state index contributed by atoms with van der Waals surface area (Å²) in [6.45, 7) is 2.51. The number of ketones is 1. The second-order valence-corrected chi connectivity index (χ2v) is 6.96. The van der Waals surface area contributed by atoms with E-state index in [-0.39, 0.29) is 29.9 Å². The number of methoxy groups -OCH3 is 1. The minimum atomic E-state index is -0.365. The number of benzene rings is 2. The summed E-state index contributed by atoms with van der Waals surface area (Å²) in [5.74, 6) is 0.244. The Kier molecular flexibility index (Phi) is 6.09. The molecule has 2 amide bonds. The van der Waals surface area contributed by atoms with Crippen LogP contribution in [0.25, 0.3) is 0 Å². The molecule has 146 valence electrons. The highest BCUT2D eigenvalue weighted by molar-refractivity contribution is 5.98. The van der Waals surface area contributed by atoms with E-state index in [1.54, 1.807) is 36.3 Å². The fourth-order valence-corrected chi connectivity index (χ4v) is 3.25. The first-order valence-corrected chi connectivity index (χ1v) is 9.29. The van der Waals surface area contributed by atoms with Crippen molar-refractivity contribution in [1.82, 2.24) is 4.90 Å². The largest absolute Gasteiger partial charge is 0.497 e. The van der Waals surface area contributed by atoms with Gasteiger partial charge in [-0.1, -0.05) is 12.1 Å². The van der Waals surface area contributed by atoms with Crippen LogP contribution in [0.4, 0.5) is 5.69 Å². The molecule has 0 aliphatic carbocycles. The number of anilines is 1. The number of carbonyl (C=O) groups excluding carboxylic acids is 3. The molecule has 0 radical (unpaired) electrons. The fourth-order valence-electron chi connectivity index (χ4n) is 3.25. The van der Waals surface area contributed by atoms with Gasteiger partial charge in [0.1, 0.15) is 5.75 Å². The smallest absolute Gasteiger partial charge is 0.229 e. The Morgan fingerprint density at radius 1 is 1.11 bits per heavy atom. The van der Waals surface area contributed by atoms with Gasteiger partial charge < -0.3 is 15.0 Å². The van der Waals surface area contributed by atoms with Gasteiger partial charge in [0.2, 0.25) is 11.8 Å². The van der Waals surface area contributed by atoms with Crippen molar-refractivity contribution in [3.8, 4) is 5.75 Å². The predicted molar refractivity (Wildman–Crippen MR) is 106 cm³/mol. The van der Waals surface area contributed by atoms with Crippen LogP contribution in [0.2, 0.25) is 0 Å². The molecule has 6 heteroatoms. The molecule has 1 atom stereocenters. The van der Waals surface area contributed by atoms with Crippen molar-refractivity contribution in [3.63, 3.8) is 0 Å². The number of nitrogens with zero attached hydrogens (tertiary/aromatic N) is 1. The third-order valence-corrected chi connectivity index (χ3v) is 4.97. The van der Waals surface area contributed by atoms with Crippen LogP contribution in [-0.4, -0.2) is 42.7 Å². The van der Waals surface area contributed by atoms with Crippen molar-refractivity contribution in [2.75, 3.05) is 25.5 Å². The van der Waals surface area contributed by atoms with Crippen LogP contribution in [0.5, 0.6) is 5.75 Å². The molecule has 1 fully saturated rings. The SMILES string of the molecule is COc1ccc(CCN2CC(C(=O)Nc3ccc(C(C)=O)cc3)CC2=O)cc1. The third kappa shape index (κ3) is 4.76. The molecule has 28 heavy (non-hydrogen) atoms. The second kappa shape index (κ2) is 8.69. The van der Waals surface area contributed by atoms with Gasteiger partial charge in [0, 0.05) is 30.8 Å². The van der Waals surface area contributed by atoms with E-state index in [2.05, 4.69) is 5.32 Å².